The van der Waals surface area contributed by atoms with Crippen molar-refractivity contribution in [2.45, 2.75) is 13.0 Å². The van der Waals surface area contributed by atoms with Crippen molar-refractivity contribution in [3.05, 3.63) is 17.3 Å². The number of nitrogens with zero attached hydrogens (tertiary/aromatic N) is 4. The van der Waals surface area contributed by atoms with Crippen molar-refractivity contribution in [2.75, 3.05) is 32.4 Å². The van der Waals surface area contributed by atoms with Gasteiger partial charge in [0.05, 0.1) is 5.69 Å². The standard InChI is InChI=1S/C13H17N5OS/c1-8-7-17(2)5-6-18(8)13(19)11-9(14)10-12(20-11)16-4-3-15-10/h3-4,8H,5-7,14H2,1-2H3. The van der Waals surface area contributed by atoms with Crippen LogP contribution in [0.4, 0.5) is 5.69 Å². The van der Waals surface area contributed by atoms with Crippen LogP contribution in [0.5, 0.6) is 0 Å². The Bertz CT molecular complexity index is 655. The Morgan fingerprint density at radius 1 is 1.40 bits per heavy atom. The number of fused-ring (bicyclic) bond motifs is 1. The highest BCUT2D eigenvalue weighted by Crippen LogP contribution is 2.32. The molecule has 2 N–H and O–H groups in total. The molecule has 1 fully saturated rings. The van der Waals surface area contributed by atoms with Gasteiger partial charge in [0.2, 0.25) is 0 Å². The highest BCUT2D eigenvalue weighted by atomic mass is 32.1. The van der Waals surface area contributed by atoms with Gasteiger partial charge in [0.25, 0.3) is 5.91 Å². The summed E-state index contributed by atoms with van der Waals surface area (Å²) in [5.74, 6) is -0.00657. The van der Waals surface area contributed by atoms with Crippen LogP contribution in [0.15, 0.2) is 12.4 Å². The van der Waals surface area contributed by atoms with Crippen LogP contribution in [-0.2, 0) is 0 Å². The van der Waals surface area contributed by atoms with Gasteiger partial charge in [-0.05, 0) is 14.0 Å². The van der Waals surface area contributed by atoms with Gasteiger partial charge in [0.1, 0.15) is 15.2 Å². The van der Waals surface area contributed by atoms with Crippen LogP contribution in [0, 0.1) is 0 Å². The molecule has 0 aromatic carbocycles. The lowest BCUT2D eigenvalue weighted by Crippen LogP contribution is -2.52. The molecule has 6 nitrogen and oxygen atoms in total. The van der Waals surface area contributed by atoms with Crippen LogP contribution in [0.25, 0.3) is 10.3 Å². The third-order valence-corrected chi connectivity index (χ3v) is 4.74. The van der Waals surface area contributed by atoms with E-state index in [1.807, 2.05) is 4.90 Å². The maximum Gasteiger partial charge on any atom is 0.266 e. The topological polar surface area (TPSA) is 75.3 Å². The van der Waals surface area contributed by atoms with E-state index in [2.05, 4.69) is 28.8 Å². The molecule has 1 aliphatic heterocycles. The number of anilines is 1. The largest absolute Gasteiger partial charge is 0.396 e. The summed E-state index contributed by atoms with van der Waals surface area (Å²) in [6.07, 6.45) is 3.21. The molecule has 1 unspecified atom stereocenters. The van der Waals surface area contributed by atoms with Crippen LogP contribution in [-0.4, -0.2) is 58.4 Å². The average molecular weight is 291 g/mol. The van der Waals surface area contributed by atoms with Gasteiger partial charge in [-0.15, -0.1) is 11.3 Å². The minimum Gasteiger partial charge on any atom is -0.396 e. The minimum atomic E-state index is -0.00657. The quantitative estimate of drug-likeness (QED) is 0.850. The number of piperazine rings is 1. The Labute approximate surface area is 121 Å². The van der Waals surface area contributed by atoms with Gasteiger partial charge < -0.3 is 15.5 Å². The zero-order chi connectivity index (χ0) is 14.3. The number of hydrogen-bond acceptors (Lipinski definition) is 6. The normalized spacial score (nSPS) is 20.5. The maximum absolute atomic E-state index is 12.7. The summed E-state index contributed by atoms with van der Waals surface area (Å²) in [7, 11) is 2.07. The minimum absolute atomic E-state index is 0.00657. The van der Waals surface area contributed by atoms with E-state index in [0.29, 0.717) is 16.1 Å². The maximum atomic E-state index is 12.7. The Balaban J connectivity index is 1.94. The molecule has 1 saturated heterocycles. The first kappa shape index (κ1) is 13.3. The second-order valence-electron chi connectivity index (χ2n) is 5.16. The molecule has 2 aromatic rings. The summed E-state index contributed by atoms with van der Waals surface area (Å²) in [6, 6.07) is 0.187. The highest BCUT2D eigenvalue weighted by molar-refractivity contribution is 7.21. The summed E-state index contributed by atoms with van der Waals surface area (Å²) < 4.78 is 0. The van der Waals surface area contributed by atoms with E-state index in [0.717, 1.165) is 24.5 Å². The van der Waals surface area contributed by atoms with Crippen LogP contribution >= 0.6 is 11.3 Å². The zero-order valence-electron chi connectivity index (χ0n) is 11.5. The predicted molar refractivity (Wildman–Crippen MR) is 79.8 cm³/mol. The SMILES string of the molecule is CC1CN(C)CCN1C(=O)c1sc2nccnc2c1N. The van der Waals surface area contributed by atoms with Crippen molar-refractivity contribution in [1.82, 2.24) is 19.8 Å². The van der Waals surface area contributed by atoms with Crippen LogP contribution in [0.2, 0.25) is 0 Å². The summed E-state index contributed by atoms with van der Waals surface area (Å²) >= 11 is 1.33. The van der Waals surface area contributed by atoms with Crippen LogP contribution in [0.3, 0.4) is 0 Å². The molecule has 0 saturated carbocycles. The van der Waals surface area contributed by atoms with E-state index in [4.69, 9.17) is 5.73 Å². The van der Waals surface area contributed by atoms with Gasteiger partial charge >= 0.3 is 0 Å². The Kier molecular flexibility index (Phi) is 3.31. The lowest BCUT2D eigenvalue weighted by molar-refractivity contribution is 0.0539. The molecule has 7 heteroatoms. The number of likely N-dealkylation sites (N-methyl/N-ethyl adjacent to an activating group) is 1. The van der Waals surface area contributed by atoms with Gasteiger partial charge in [-0.2, -0.15) is 0 Å². The molecular weight excluding hydrogens is 274 g/mol. The molecule has 1 amide bonds. The van der Waals surface area contributed by atoms with Crippen molar-refractivity contribution in [3.8, 4) is 0 Å². The fraction of sp³-hybridized carbons (Fsp3) is 0.462. The lowest BCUT2D eigenvalue weighted by atomic mass is 10.2. The fourth-order valence-electron chi connectivity index (χ4n) is 2.57. The molecule has 0 bridgehead atoms. The van der Waals surface area contributed by atoms with Crippen molar-refractivity contribution in [3.63, 3.8) is 0 Å². The Hall–Kier alpha value is -1.73. The Morgan fingerprint density at radius 3 is 2.85 bits per heavy atom. The number of thiophene rings is 1. The number of hydrogen-bond donors (Lipinski definition) is 1. The summed E-state index contributed by atoms with van der Waals surface area (Å²) in [6.45, 7) is 4.56. The second kappa shape index (κ2) is 4.99. The number of rotatable bonds is 1. The third-order valence-electron chi connectivity index (χ3n) is 3.65. The van der Waals surface area contributed by atoms with Crippen molar-refractivity contribution in [1.29, 1.82) is 0 Å². The van der Waals surface area contributed by atoms with E-state index in [1.165, 1.54) is 11.3 Å². The van der Waals surface area contributed by atoms with Gasteiger partial charge in [-0.25, -0.2) is 9.97 Å². The first-order valence-corrected chi connectivity index (χ1v) is 7.38. The molecule has 106 valence electrons. The smallest absolute Gasteiger partial charge is 0.266 e. The van der Waals surface area contributed by atoms with Gasteiger partial charge in [0.15, 0.2) is 0 Å². The van der Waals surface area contributed by atoms with Gasteiger partial charge in [0, 0.05) is 38.1 Å². The molecule has 1 atom stereocenters. The number of aromatic nitrogens is 2. The molecule has 1 aliphatic rings. The average Bonchev–Trinajstić information content (AvgIpc) is 2.76. The number of nitrogen functional groups attached to an aromatic ring is 1. The number of nitrogens with two attached hydrogens (primary N) is 1. The van der Waals surface area contributed by atoms with Crippen molar-refractivity contribution >= 4 is 33.3 Å². The molecule has 0 aliphatic carbocycles. The fourth-order valence-corrected chi connectivity index (χ4v) is 3.55. The van der Waals surface area contributed by atoms with E-state index in [-0.39, 0.29) is 11.9 Å². The van der Waals surface area contributed by atoms with Crippen LogP contribution < -0.4 is 5.73 Å². The monoisotopic (exact) mass is 291 g/mol. The molecule has 20 heavy (non-hydrogen) atoms. The van der Waals surface area contributed by atoms with E-state index in [9.17, 15) is 4.79 Å². The first-order valence-electron chi connectivity index (χ1n) is 6.56. The summed E-state index contributed by atoms with van der Waals surface area (Å²) in [5, 5.41) is 0. The Morgan fingerprint density at radius 2 is 2.15 bits per heavy atom. The first-order chi connectivity index (χ1) is 9.58. The number of amides is 1. The highest BCUT2D eigenvalue weighted by Gasteiger charge is 2.29. The van der Waals surface area contributed by atoms with E-state index in [1.54, 1.807) is 12.4 Å². The van der Waals surface area contributed by atoms with Gasteiger partial charge in [-0.3, -0.25) is 4.79 Å². The molecule has 0 radical (unpaired) electrons. The second-order valence-corrected chi connectivity index (χ2v) is 6.16. The molecule has 2 aromatic heterocycles. The summed E-state index contributed by atoms with van der Waals surface area (Å²) in [5.41, 5.74) is 7.15. The van der Waals surface area contributed by atoms with E-state index >= 15 is 0 Å². The molecular formula is C13H17N5OS. The molecule has 3 heterocycles. The molecule has 0 spiro atoms. The lowest BCUT2D eigenvalue weighted by Gasteiger charge is -2.38. The van der Waals surface area contributed by atoms with Crippen molar-refractivity contribution in [2.24, 2.45) is 0 Å². The zero-order valence-corrected chi connectivity index (χ0v) is 12.4. The predicted octanol–water partition coefficient (Wildman–Crippen LogP) is 1.05. The number of carbonyl (C=O) groups is 1. The van der Waals surface area contributed by atoms with Crippen molar-refractivity contribution < 1.29 is 4.79 Å². The van der Waals surface area contributed by atoms with Crippen LogP contribution in [0.1, 0.15) is 16.6 Å². The van der Waals surface area contributed by atoms with E-state index < -0.39 is 0 Å². The third kappa shape index (κ3) is 2.12. The number of carbonyl (C=O) groups excluding carboxylic acids is 1. The summed E-state index contributed by atoms with van der Waals surface area (Å²) in [4.78, 5) is 26.5. The van der Waals surface area contributed by atoms with Gasteiger partial charge in [-0.1, -0.05) is 0 Å². The molecule has 3 rings (SSSR count).